The zero-order valence-corrected chi connectivity index (χ0v) is 19.3. The van der Waals surface area contributed by atoms with Crippen LogP contribution in [0.5, 0.6) is 0 Å². The van der Waals surface area contributed by atoms with E-state index < -0.39 is 0 Å². The van der Waals surface area contributed by atoms with Crippen LogP contribution >= 0.6 is 0 Å². The first-order valence-corrected chi connectivity index (χ1v) is 11.5. The summed E-state index contributed by atoms with van der Waals surface area (Å²) in [6, 6.07) is 0.455. The molecule has 1 aromatic heterocycles. The lowest BCUT2D eigenvalue weighted by molar-refractivity contribution is -0.148. The number of rotatable bonds is 13. The van der Waals surface area contributed by atoms with Crippen LogP contribution < -0.4 is 0 Å². The van der Waals surface area contributed by atoms with Crippen molar-refractivity contribution in [3.05, 3.63) is 18.2 Å². The van der Waals surface area contributed by atoms with E-state index in [1.807, 2.05) is 22.6 Å². The fraction of sp³-hybridized carbons (Fsp3) is 0.783. The van der Waals surface area contributed by atoms with E-state index in [0.717, 1.165) is 38.2 Å². The van der Waals surface area contributed by atoms with E-state index >= 15 is 0 Å². The van der Waals surface area contributed by atoms with Gasteiger partial charge in [0.15, 0.2) is 0 Å². The van der Waals surface area contributed by atoms with Crippen molar-refractivity contribution in [2.45, 2.75) is 90.3 Å². The zero-order valence-electron chi connectivity index (χ0n) is 19.3. The summed E-state index contributed by atoms with van der Waals surface area (Å²) in [7, 11) is 4.13. The number of likely N-dealkylation sites (N-methyl/N-ethyl adjacent to an activating group) is 1. The highest BCUT2D eigenvalue weighted by atomic mass is 16.5. The van der Waals surface area contributed by atoms with E-state index in [-0.39, 0.29) is 18.0 Å². The van der Waals surface area contributed by atoms with Crippen LogP contribution in [0.1, 0.15) is 71.0 Å². The highest BCUT2D eigenvalue weighted by molar-refractivity contribution is 5.76. The second-order valence-corrected chi connectivity index (χ2v) is 8.68. The van der Waals surface area contributed by atoms with Gasteiger partial charge in [0.2, 0.25) is 5.91 Å². The molecule has 1 fully saturated rings. The topological polar surface area (TPSA) is 67.7 Å². The second kappa shape index (κ2) is 12.7. The minimum absolute atomic E-state index is 0.0271. The minimum atomic E-state index is -0.166. The summed E-state index contributed by atoms with van der Waals surface area (Å²) >= 11 is 0. The molecule has 2 rings (SSSR count). The summed E-state index contributed by atoms with van der Waals surface area (Å²) in [4.78, 5) is 33.2. The molecule has 7 heteroatoms. The first-order valence-electron chi connectivity index (χ1n) is 11.5. The predicted octanol–water partition coefficient (Wildman–Crippen LogP) is 3.27. The normalized spacial score (nSPS) is 17.5. The molecule has 0 N–H and O–H groups in total. The van der Waals surface area contributed by atoms with Gasteiger partial charge in [-0.15, -0.1) is 0 Å². The molecule has 2 heterocycles. The van der Waals surface area contributed by atoms with Crippen molar-refractivity contribution in [2.75, 3.05) is 27.2 Å². The van der Waals surface area contributed by atoms with E-state index in [1.54, 1.807) is 6.20 Å². The maximum atomic E-state index is 12.5. The maximum Gasteiger partial charge on any atom is 0.307 e. The summed E-state index contributed by atoms with van der Waals surface area (Å²) in [5.41, 5.74) is 0. The minimum Gasteiger partial charge on any atom is -0.463 e. The SMILES string of the molecule is CCCCCCC(C)OC(=O)CCn1ccnc1CCC(=O)N1CC[C@H](N(C)C)C1. The van der Waals surface area contributed by atoms with Crippen LogP contribution in [-0.2, 0) is 27.3 Å². The van der Waals surface area contributed by atoms with Gasteiger partial charge in [0.1, 0.15) is 5.82 Å². The highest BCUT2D eigenvalue weighted by Gasteiger charge is 2.27. The number of likely N-dealkylation sites (tertiary alicyclic amines) is 1. The summed E-state index contributed by atoms with van der Waals surface area (Å²) in [5.74, 6) is 0.873. The molecule has 0 bridgehead atoms. The number of hydrogen-bond donors (Lipinski definition) is 0. The monoisotopic (exact) mass is 420 g/mol. The number of esters is 1. The molecule has 170 valence electrons. The first kappa shape index (κ1) is 24.4. The van der Waals surface area contributed by atoms with Crippen LogP contribution in [0.15, 0.2) is 12.4 Å². The average Bonchev–Trinajstić information content (AvgIpc) is 3.37. The van der Waals surface area contributed by atoms with Crippen molar-refractivity contribution < 1.29 is 14.3 Å². The second-order valence-electron chi connectivity index (χ2n) is 8.68. The number of ether oxygens (including phenoxy) is 1. The highest BCUT2D eigenvalue weighted by Crippen LogP contribution is 2.15. The van der Waals surface area contributed by atoms with Crippen molar-refractivity contribution >= 4 is 11.9 Å². The fourth-order valence-electron chi connectivity index (χ4n) is 3.95. The van der Waals surface area contributed by atoms with Crippen LogP contribution in [0.2, 0.25) is 0 Å². The van der Waals surface area contributed by atoms with Crippen LogP contribution in [0.4, 0.5) is 0 Å². The van der Waals surface area contributed by atoms with E-state index in [1.165, 1.54) is 19.3 Å². The van der Waals surface area contributed by atoms with Gasteiger partial charge >= 0.3 is 5.97 Å². The maximum absolute atomic E-state index is 12.5. The van der Waals surface area contributed by atoms with Gasteiger partial charge in [-0.2, -0.15) is 0 Å². The van der Waals surface area contributed by atoms with Gasteiger partial charge in [-0.1, -0.05) is 26.2 Å². The molecular weight excluding hydrogens is 380 g/mol. The van der Waals surface area contributed by atoms with Crippen LogP contribution in [0.25, 0.3) is 0 Å². The molecule has 1 aliphatic rings. The fourth-order valence-corrected chi connectivity index (χ4v) is 3.95. The molecule has 1 unspecified atom stereocenters. The Morgan fingerprint density at radius 2 is 2.07 bits per heavy atom. The number of aryl methyl sites for hydroxylation is 2. The molecule has 7 nitrogen and oxygen atoms in total. The van der Waals surface area contributed by atoms with Gasteiger partial charge in [0, 0.05) is 50.9 Å². The van der Waals surface area contributed by atoms with Crippen LogP contribution in [0.3, 0.4) is 0 Å². The molecule has 1 aliphatic heterocycles. The quantitative estimate of drug-likeness (QED) is 0.362. The van der Waals surface area contributed by atoms with Crippen molar-refractivity contribution in [1.82, 2.24) is 19.4 Å². The van der Waals surface area contributed by atoms with Crippen LogP contribution in [0, 0.1) is 0 Å². The molecular formula is C23H40N4O3. The predicted molar refractivity (Wildman–Crippen MR) is 118 cm³/mol. The smallest absolute Gasteiger partial charge is 0.307 e. The van der Waals surface area contributed by atoms with Gasteiger partial charge in [0.25, 0.3) is 0 Å². The molecule has 30 heavy (non-hydrogen) atoms. The third kappa shape index (κ3) is 8.09. The van der Waals surface area contributed by atoms with Crippen molar-refractivity contribution in [2.24, 2.45) is 0 Å². The Balaban J connectivity index is 1.70. The van der Waals surface area contributed by atoms with Crippen molar-refractivity contribution in [3.63, 3.8) is 0 Å². The molecule has 1 amide bonds. The van der Waals surface area contributed by atoms with Gasteiger partial charge in [-0.05, 0) is 40.3 Å². The van der Waals surface area contributed by atoms with Gasteiger partial charge in [0.05, 0.1) is 12.5 Å². The molecule has 1 aromatic rings. The third-order valence-corrected chi connectivity index (χ3v) is 5.96. The molecule has 0 aromatic carbocycles. The lowest BCUT2D eigenvalue weighted by Crippen LogP contribution is -2.34. The zero-order chi connectivity index (χ0) is 21.9. The summed E-state index contributed by atoms with van der Waals surface area (Å²) in [6.45, 7) is 6.34. The molecule has 0 saturated carbocycles. The number of carbonyl (C=O) groups excluding carboxylic acids is 2. The number of amides is 1. The lowest BCUT2D eigenvalue weighted by Gasteiger charge is -2.20. The van der Waals surface area contributed by atoms with E-state index in [9.17, 15) is 9.59 Å². The molecule has 1 saturated heterocycles. The number of imidazole rings is 1. The Labute approximate surface area is 181 Å². The summed E-state index contributed by atoms with van der Waals surface area (Å²) in [6.07, 6.45) is 11.7. The number of carbonyl (C=O) groups is 2. The van der Waals surface area contributed by atoms with Crippen LogP contribution in [-0.4, -0.2) is 70.6 Å². The average molecular weight is 421 g/mol. The Morgan fingerprint density at radius 1 is 1.27 bits per heavy atom. The van der Waals surface area contributed by atoms with E-state index in [0.29, 0.717) is 31.8 Å². The van der Waals surface area contributed by atoms with E-state index in [2.05, 4.69) is 30.9 Å². The Morgan fingerprint density at radius 3 is 2.77 bits per heavy atom. The Bertz CT molecular complexity index is 659. The number of aromatic nitrogens is 2. The lowest BCUT2D eigenvalue weighted by atomic mass is 10.1. The number of nitrogens with zero attached hydrogens (tertiary/aromatic N) is 4. The Kier molecular flexibility index (Phi) is 10.3. The van der Waals surface area contributed by atoms with Gasteiger partial charge in [-0.25, -0.2) is 4.98 Å². The van der Waals surface area contributed by atoms with E-state index in [4.69, 9.17) is 4.74 Å². The van der Waals surface area contributed by atoms with Crippen molar-refractivity contribution in [1.29, 1.82) is 0 Å². The molecule has 0 spiro atoms. The van der Waals surface area contributed by atoms with Gasteiger partial charge < -0.3 is 19.1 Å². The largest absolute Gasteiger partial charge is 0.463 e. The number of unbranched alkanes of at least 4 members (excludes halogenated alkanes) is 3. The molecule has 0 aliphatic carbocycles. The standard InChI is InChI=1S/C23H40N4O3/c1-5-6-7-8-9-19(2)30-23(29)13-16-26-17-14-24-21(26)10-11-22(28)27-15-12-20(18-27)25(3)4/h14,17,19-20H,5-13,15-16,18H2,1-4H3/t19?,20-/m0/s1. The number of hydrogen-bond acceptors (Lipinski definition) is 5. The third-order valence-electron chi connectivity index (χ3n) is 5.96. The first-order chi connectivity index (χ1) is 14.4. The molecule has 0 radical (unpaired) electrons. The summed E-state index contributed by atoms with van der Waals surface area (Å²) in [5, 5.41) is 0. The Hall–Kier alpha value is -1.89. The summed E-state index contributed by atoms with van der Waals surface area (Å²) < 4.78 is 7.49. The van der Waals surface area contributed by atoms with Crippen molar-refractivity contribution in [3.8, 4) is 0 Å². The molecule has 2 atom stereocenters. The van der Waals surface area contributed by atoms with Gasteiger partial charge in [-0.3, -0.25) is 9.59 Å².